The number of ether oxygens (including phenoxy) is 1. The molecule has 28 heavy (non-hydrogen) atoms. The third-order valence-corrected chi connectivity index (χ3v) is 3.90. The highest BCUT2D eigenvalue weighted by molar-refractivity contribution is 14.0. The quantitative estimate of drug-likeness (QED) is 0.247. The lowest BCUT2D eigenvalue weighted by molar-refractivity contribution is -0.117. The van der Waals surface area contributed by atoms with Crippen molar-refractivity contribution in [3.8, 4) is 0 Å². The van der Waals surface area contributed by atoms with Crippen LogP contribution in [0.5, 0.6) is 0 Å². The number of hydrogen-bond donors (Lipinski definition) is 3. The molecule has 2 amide bonds. The summed E-state index contributed by atoms with van der Waals surface area (Å²) in [4.78, 5) is 29.9. The zero-order chi connectivity index (χ0) is 19.9. The molecule has 1 aliphatic rings. The van der Waals surface area contributed by atoms with Crippen LogP contribution < -0.4 is 20.9 Å². The fraction of sp³-hybridized carbons (Fsp3) is 0.526. The molecule has 3 N–H and O–H groups in total. The van der Waals surface area contributed by atoms with Gasteiger partial charge in [-0.05, 0) is 38.8 Å². The molecule has 1 heterocycles. The summed E-state index contributed by atoms with van der Waals surface area (Å²) in [7, 11) is 1.63. The predicted molar refractivity (Wildman–Crippen MR) is 122 cm³/mol. The van der Waals surface area contributed by atoms with Crippen molar-refractivity contribution in [2.75, 3.05) is 38.1 Å². The van der Waals surface area contributed by atoms with Crippen molar-refractivity contribution in [1.82, 2.24) is 16.0 Å². The van der Waals surface area contributed by atoms with E-state index in [4.69, 9.17) is 4.74 Å². The third kappa shape index (κ3) is 7.53. The van der Waals surface area contributed by atoms with Gasteiger partial charge in [-0.25, -0.2) is 4.79 Å². The number of fused-ring (bicyclic) bond motifs is 1. The number of aliphatic imine (C=N–C) groups is 1. The molecule has 0 saturated heterocycles. The lowest BCUT2D eigenvalue weighted by Gasteiger charge is -2.20. The van der Waals surface area contributed by atoms with Crippen molar-refractivity contribution >= 4 is 47.6 Å². The van der Waals surface area contributed by atoms with E-state index in [0.717, 1.165) is 12.1 Å². The number of para-hydroxylation sites is 1. The molecule has 0 aromatic heterocycles. The molecule has 0 atom stereocenters. The van der Waals surface area contributed by atoms with E-state index < -0.39 is 11.7 Å². The van der Waals surface area contributed by atoms with Crippen LogP contribution in [0.2, 0.25) is 0 Å². The second-order valence-electron chi connectivity index (χ2n) is 7.21. The first kappa shape index (κ1) is 24.0. The Hall–Kier alpha value is -2.04. The Morgan fingerprint density at radius 2 is 1.82 bits per heavy atom. The first-order chi connectivity index (χ1) is 12.8. The number of guanidine groups is 1. The Morgan fingerprint density at radius 3 is 2.50 bits per heavy atom. The number of alkyl carbamates (subject to hydrolysis) is 1. The molecular formula is C19H30IN5O3. The van der Waals surface area contributed by atoms with E-state index in [2.05, 4.69) is 20.9 Å². The number of amides is 2. The maximum Gasteiger partial charge on any atom is 0.407 e. The van der Waals surface area contributed by atoms with Gasteiger partial charge >= 0.3 is 6.09 Å². The fourth-order valence-electron chi connectivity index (χ4n) is 2.73. The Bertz CT molecular complexity index is 703. The summed E-state index contributed by atoms with van der Waals surface area (Å²) in [5, 5.41) is 8.72. The Balaban J connectivity index is 0.00000392. The number of hydrogen-bond acceptors (Lipinski definition) is 4. The summed E-state index contributed by atoms with van der Waals surface area (Å²) in [6.07, 6.45) is 0.417. The summed E-state index contributed by atoms with van der Waals surface area (Å²) < 4.78 is 5.16. The minimum absolute atomic E-state index is 0. The van der Waals surface area contributed by atoms with Crippen molar-refractivity contribution in [1.29, 1.82) is 0 Å². The molecular weight excluding hydrogens is 473 g/mol. The van der Waals surface area contributed by atoms with Crippen LogP contribution in [0.3, 0.4) is 0 Å². The Morgan fingerprint density at radius 1 is 1.14 bits per heavy atom. The second-order valence-corrected chi connectivity index (χ2v) is 7.21. The van der Waals surface area contributed by atoms with Gasteiger partial charge in [0.2, 0.25) is 5.91 Å². The highest BCUT2D eigenvalue weighted by Crippen LogP contribution is 2.27. The SMILES string of the molecule is CN=C(NCCNC(=O)OC(C)(C)C)NCC(=O)N1CCc2ccccc21.I. The zero-order valence-corrected chi connectivity index (χ0v) is 19.2. The molecule has 0 saturated carbocycles. The number of carbonyl (C=O) groups excluding carboxylic acids is 2. The van der Waals surface area contributed by atoms with Gasteiger partial charge in [-0.1, -0.05) is 18.2 Å². The van der Waals surface area contributed by atoms with Gasteiger partial charge in [0, 0.05) is 32.4 Å². The second kappa shape index (κ2) is 11.1. The standard InChI is InChI=1S/C19H29N5O3.HI/c1-19(2,3)27-18(26)22-11-10-21-17(20-4)23-13-16(25)24-12-9-14-7-5-6-8-15(14)24;/h5-8H,9-13H2,1-4H3,(H,22,26)(H2,20,21,23);1H. The largest absolute Gasteiger partial charge is 0.444 e. The van der Waals surface area contributed by atoms with Crippen molar-refractivity contribution in [3.05, 3.63) is 29.8 Å². The van der Waals surface area contributed by atoms with E-state index in [1.54, 1.807) is 11.9 Å². The molecule has 1 aliphatic heterocycles. The van der Waals surface area contributed by atoms with Gasteiger partial charge in [-0.2, -0.15) is 0 Å². The normalized spacial score (nSPS) is 13.3. The number of benzene rings is 1. The van der Waals surface area contributed by atoms with Gasteiger partial charge in [0.15, 0.2) is 5.96 Å². The van der Waals surface area contributed by atoms with Gasteiger partial charge in [0.25, 0.3) is 0 Å². The maximum atomic E-state index is 12.5. The molecule has 0 fully saturated rings. The molecule has 9 heteroatoms. The average Bonchev–Trinajstić information content (AvgIpc) is 3.03. The average molecular weight is 503 g/mol. The van der Waals surface area contributed by atoms with Crippen LogP contribution in [0, 0.1) is 0 Å². The van der Waals surface area contributed by atoms with Crippen molar-refractivity contribution in [2.24, 2.45) is 4.99 Å². The molecule has 0 unspecified atom stereocenters. The minimum Gasteiger partial charge on any atom is -0.444 e. The topological polar surface area (TPSA) is 95.1 Å². The van der Waals surface area contributed by atoms with E-state index >= 15 is 0 Å². The number of rotatable bonds is 5. The van der Waals surface area contributed by atoms with E-state index in [1.807, 2.05) is 45.0 Å². The third-order valence-electron chi connectivity index (χ3n) is 3.90. The van der Waals surface area contributed by atoms with E-state index in [-0.39, 0.29) is 36.4 Å². The predicted octanol–water partition coefficient (Wildman–Crippen LogP) is 1.88. The number of anilines is 1. The lowest BCUT2D eigenvalue weighted by Crippen LogP contribution is -2.46. The molecule has 8 nitrogen and oxygen atoms in total. The highest BCUT2D eigenvalue weighted by atomic mass is 127. The van der Waals surface area contributed by atoms with Crippen LogP contribution in [0.4, 0.5) is 10.5 Å². The zero-order valence-electron chi connectivity index (χ0n) is 16.9. The van der Waals surface area contributed by atoms with Crippen molar-refractivity contribution in [2.45, 2.75) is 32.8 Å². The summed E-state index contributed by atoms with van der Waals surface area (Å²) in [5.41, 5.74) is 1.65. The van der Waals surface area contributed by atoms with Gasteiger partial charge in [-0.3, -0.25) is 9.79 Å². The molecule has 1 aromatic carbocycles. The van der Waals surface area contributed by atoms with Gasteiger partial charge in [-0.15, -0.1) is 24.0 Å². The summed E-state index contributed by atoms with van der Waals surface area (Å²) in [6, 6.07) is 7.95. The molecule has 2 rings (SSSR count). The van der Waals surface area contributed by atoms with Gasteiger partial charge in [0.1, 0.15) is 5.60 Å². The fourth-order valence-corrected chi connectivity index (χ4v) is 2.73. The molecule has 1 aromatic rings. The number of halogens is 1. The highest BCUT2D eigenvalue weighted by Gasteiger charge is 2.23. The van der Waals surface area contributed by atoms with Crippen LogP contribution in [-0.4, -0.2) is 56.8 Å². The van der Waals surface area contributed by atoms with E-state index in [1.165, 1.54) is 5.56 Å². The summed E-state index contributed by atoms with van der Waals surface area (Å²) >= 11 is 0. The lowest BCUT2D eigenvalue weighted by atomic mass is 10.2. The smallest absolute Gasteiger partial charge is 0.407 e. The number of nitrogens with one attached hydrogen (secondary N) is 3. The van der Waals surface area contributed by atoms with Crippen molar-refractivity contribution in [3.63, 3.8) is 0 Å². The van der Waals surface area contributed by atoms with E-state index in [9.17, 15) is 9.59 Å². The molecule has 0 bridgehead atoms. The van der Waals surface area contributed by atoms with Gasteiger partial charge in [0.05, 0.1) is 6.54 Å². The molecule has 156 valence electrons. The van der Waals surface area contributed by atoms with Crippen LogP contribution in [-0.2, 0) is 16.0 Å². The molecule has 0 radical (unpaired) electrons. The maximum absolute atomic E-state index is 12.5. The van der Waals surface area contributed by atoms with Crippen LogP contribution in [0.1, 0.15) is 26.3 Å². The molecule has 0 spiro atoms. The summed E-state index contributed by atoms with van der Waals surface area (Å²) in [6.45, 7) is 7.12. The number of carbonyl (C=O) groups is 2. The Labute approximate surface area is 183 Å². The first-order valence-corrected chi connectivity index (χ1v) is 9.10. The monoisotopic (exact) mass is 503 g/mol. The molecule has 0 aliphatic carbocycles. The van der Waals surface area contributed by atoms with E-state index in [0.29, 0.717) is 25.6 Å². The van der Waals surface area contributed by atoms with Gasteiger partial charge < -0.3 is 25.6 Å². The summed E-state index contributed by atoms with van der Waals surface area (Å²) in [5.74, 6) is 0.497. The Kier molecular flexibility index (Phi) is 9.50. The first-order valence-electron chi connectivity index (χ1n) is 9.10. The van der Waals surface area contributed by atoms with Crippen LogP contribution in [0.25, 0.3) is 0 Å². The van der Waals surface area contributed by atoms with Crippen molar-refractivity contribution < 1.29 is 14.3 Å². The minimum atomic E-state index is -0.524. The van der Waals surface area contributed by atoms with Crippen LogP contribution in [0.15, 0.2) is 29.3 Å². The number of nitrogens with zero attached hydrogens (tertiary/aromatic N) is 2. The van der Waals surface area contributed by atoms with Crippen LogP contribution >= 0.6 is 24.0 Å².